The van der Waals surface area contributed by atoms with Gasteiger partial charge in [-0.3, -0.25) is 9.78 Å². The summed E-state index contributed by atoms with van der Waals surface area (Å²) in [6.45, 7) is 0. The summed E-state index contributed by atoms with van der Waals surface area (Å²) in [5.41, 5.74) is 0.215. The van der Waals surface area contributed by atoms with Crippen LogP contribution in [0.25, 0.3) is 17.0 Å². The second-order valence-corrected chi connectivity index (χ2v) is 5.66. The fraction of sp³-hybridized carbons (Fsp3) is 0.0500. The SMILES string of the molecule is N#C/C(=C/c1ccc2ncccc2c1)C(=O)Nc1cccc(C(F)(F)F)c1. The molecule has 0 unspecified atom stereocenters. The van der Waals surface area contributed by atoms with Gasteiger partial charge in [0.15, 0.2) is 0 Å². The van der Waals surface area contributed by atoms with Crippen molar-refractivity contribution in [1.82, 2.24) is 4.98 Å². The van der Waals surface area contributed by atoms with E-state index in [1.165, 1.54) is 18.2 Å². The van der Waals surface area contributed by atoms with Gasteiger partial charge >= 0.3 is 6.18 Å². The van der Waals surface area contributed by atoms with E-state index in [4.69, 9.17) is 0 Å². The number of rotatable bonds is 3. The van der Waals surface area contributed by atoms with E-state index < -0.39 is 17.6 Å². The third-order valence-corrected chi connectivity index (χ3v) is 3.75. The molecule has 4 nitrogen and oxygen atoms in total. The Morgan fingerprint density at radius 3 is 2.67 bits per heavy atom. The molecule has 3 aromatic rings. The number of carbonyl (C=O) groups is 1. The number of nitrogens with one attached hydrogen (secondary N) is 1. The molecule has 1 amide bonds. The maximum atomic E-state index is 12.8. The smallest absolute Gasteiger partial charge is 0.321 e. The van der Waals surface area contributed by atoms with Crippen LogP contribution < -0.4 is 5.32 Å². The van der Waals surface area contributed by atoms with Gasteiger partial charge in [-0.15, -0.1) is 0 Å². The molecule has 0 fully saturated rings. The van der Waals surface area contributed by atoms with Crippen LogP contribution in [0.3, 0.4) is 0 Å². The number of anilines is 1. The molecule has 0 aliphatic carbocycles. The van der Waals surface area contributed by atoms with Crippen LogP contribution in [0.15, 0.2) is 66.4 Å². The molecule has 0 saturated carbocycles. The van der Waals surface area contributed by atoms with Crippen LogP contribution in [0.1, 0.15) is 11.1 Å². The van der Waals surface area contributed by atoms with E-state index in [0.29, 0.717) is 5.56 Å². The Labute approximate surface area is 152 Å². The van der Waals surface area contributed by atoms with Crippen molar-refractivity contribution >= 4 is 28.6 Å². The third-order valence-electron chi connectivity index (χ3n) is 3.75. The molecule has 27 heavy (non-hydrogen) atoms. The number of aromatic nitrogens is 1. The number of halogens is 3. The summed E-state index contributed by atoms with van der Waals surface area (Å²) in [5, 5.41) is 12.4. The molecule has 0 spiro atoms. The molecule has 0 radical (unpaired) electrons. The Kier molecular flexibility index (Phi) is 4.90. The van der Waals surface area contributed by atoms with E-state index in [1.54, 1.807) is 36.5 Å². The number of hydrogen-bond donors (Lipinski definition) is 1. The lowest BCUT2D eigenvalue weighted by molar-refractivity contribution is -0.137. The Morgan fingerprint density at radius 1 is 1.11 bits per heavy atom. The predicted octanol–water partition coefficient (Wildman–Crippen LogP) is 4.80. The molecule has 134 valence electrons. The molecule has 0 saturated heterocycles. The summed E-state index contributed by atoms with van der Waals surface area (Å²) >= 11 is 0. The van der Waals surface area contributed by atoms with Gasteiger partial charge in [0.25, 0.3) is 5.91 Å². The minimum absolute atomic E-state index is 0.0429. The van der Waals surface area contributed by atoms with Crippen LogP contribution in [0, 0.1) is 11.3 Å². The Morgan fingerprint density at radius 2 is 1.93 bits per heavy atom. The van der Waals surface area contributed by atoms with Gasteiger partial charge in [0, 0.05) is 17.3 Å². The number of nitrogens with zero attached hydrogens (tertiary/aromatic N) is 2. The molecule has 7 heteroatoms. The first kappa shape index (κ1) is 18.1. The van der Waals surface area contributed by atoms with Gasteiger partial charge in [0.2, 0.25) is 0 Å². The van der Waals surface area contributed by atoms with Crippen molar-refractivity contribution < 1.29 is 18.0 Å². The van der Waals surface area contributed by atoms with Crippen molar-refractivity contribution in [2.75, 3.05) is 5.32 Å². The zero-order chi connectivity index (χ0) is 19.4. The minimum atomic E-state index is -4.52. The fourth-order valence-corrected chi connectivity index (χ4v) is 2.47. The minimum Gasteiger partial charge on any atom is -0.321 e. The normalized spacial score (nSPS) is 11.9. The van der Waals surface area contributed by atoms with Gasteiger partial charge in [0.1, 0.15) is 11.6 Å². The first-order valence-electron chi connectivity index (χ1n) is 7.82. The average molecular weight is 367 g/mol. The van der Waals surface area contributed by atoms with E-state index in [1.807, 2.05) is 6.07 Å². The predicted molar refractivity (Wildman–Crippen MR) is 95.4 cm³/mol. The van der Waals surface area contributed by atoms with E-state index in [2.05, 4.69) is 10.3 Å². The number of amides is 1. The number of carbonyl (C=O) groups excluding carboxylic acids is 1. The number of benzene rings is 2. The van der Waals surface area contributed by atoms with Crippen LogP contribution in [0.2, 0.25) is 0 Å². The van der Waals surface area contributed by atoms with Crippen LogP contribution >= 0.6 is 0 Å². The van der Waals surface area contributed by atoms with Crippen molar-refractivity contribution in [3.05, 3.63) is 77.5 Å². The van der Waals surface area contributed by atoms with Crippen molar-refractivity contribution in [1.29, 1.82) is 5.26 Å². The molecule has 0 atom stereocenters. The van der Waals surface area contributed by atoms with Crippen LogP contribution in [-0.2, 0) is 11.0 Å². The van der Waals surface area contributed by atoms with E-state index >= 15 is 0 Å². The van der Waals surface area contributed by atoms with Crippen molar-refractivity contribution in [3.63, 3.8) is 0 Å². The highest BCUT2D eigenvalue weighted by Gasteiger charge is 2.30. The quantitative estimate of drug-likeness (QED) is 0.534. The molecular formula is C20H12F3N3O. The number of nitriles is 1. The number of fused-ring (bicyclic) bond motifs is 1. The molecule has 1 N–H and O–H groups in total. The molecule has 3 rings (SSSR count). The first-order valence-corrected chi connectivity index (χ1v) is 7.82. The highest BCUT2D eigenvalue weighted by molar-refractivity contribution is 6.09. The van der Waals surface area contributed by atoms with Gasteiger partial charge in [-0.05, 0) is 48.0 Å². The maximum Gasteiger partial charge on any atom is 0.416 e. The van der Waals surface area contributed by atoms with Crippen molar-refractivity contribution in [3.8, 4) is 6.07 Å². The molecule has 0 bridgehead atoms. The van der Waals surface area contributed by atoms with Crippen molar-refractivity contribution in [2.45, 2.75) is 6.18 Å². The second kappa shape index (κ2) is 7.30. The highest BCUT2D eigenvalue weighted by Crippen LogP contribution is 2.30. The first-order chi connectivity index (χ1) is 12.9. The second-order valence-electron chi connectivity index (χ2n) is 5.66. The van der Waals surface area contributed by atoms with Crippen LogP contribution in [0.4, 0.5) is 18.9 Å². The largest absolute Gasteiger partial charge is 0.416 e. The lowest BCUT2D eigenvalue weighted by atomic mass is 10.1. The molecule has 0 aliphatic rings. The Bertz CT molecular complexity index is 1080. The summed E-state index contributed by atoms with van der Waals surface area (Å²) in [7, 11) is 0. The summed E-state index contributed by atoms with van der Waals surface area (Å²) in [5.74, 6) is -0.789. The molecule has 1 heterocycles. The summed E-state index contributed by atoms with van der Waals surface area (Å²) < 4.78 is 38.3. The lowest BCUT2D eigenvalue weighted by Gasteiger charge is -2.09. The van der Waals surface area contributed by atoms with Gasteiger partial charge < -0.3 is 5.32 Å². The zero-order valence-electron chi connectivity index (χ0n) is 13.8. The van der Waals surface area contributed by atoms with Gasteiger partial charge in [-0.25, -0.2) is 0 Å². The monoisotopic (exact) mass is 367 g/mol. The van der Waals surface area contributed by atoms with E-state index in [9.17, 15) is 23.2 Å². The average Bonchev–Trinajstić information content (AvgIpc) is 2.65. The number of alkyl halides is 3. The standard InChI is InChI=1S/C20H12F3N3O/c21-20(22,23)16-4-1-5-17(11-16)26-19(27)15(12-24)10-13-6-7-18-14(9-13)3-2-8-25-18/h1-11H,(H,26,27)/b15-10-. The number of pyridine rings is 1. The highest BCUT2D eigenvalue weighted by atomic mass is 19.4. The maximum absolute atomic E-state index is 12.8. The van der Waals surface area contributed by atoms with Gasteiger partial charge in [0.05, 0.1) is 11.1 Å². The summed E-state index contributed by atoms with van der Waals surface area (Å²) in [6.07, 6.45) is -1.50. The zero-order valence-corrected chi connectivity index (χ0v) is 13.8. The molecule has 2 aromatic carbocycles. The molecule has 1 aromatic heterocycles. The van der Waals surface area contributed by atoms with Crippen molar-refractivity contribution in [2.24, 2.45) is 0 Å². The van der Waals surface area contributed by atoms with Gasteiger partial charge in [-0.2, -0.15) is 18.4 Å². The molecule has 0 aliphatic heterocycles. The summed E-state index contributed by atoms with van der Waals surface area (Å²) in [4.78, 5) is 16.5. The van der Waals surface area contributed by atoms with Crippen LogP contribution in [-0.4, -0.2) is 10.9 Å². The summed E-state index contributed by atoms with van der Waals surface area (Å²) in [6, 6.07) is 14.8. The Balaban J connectivity index is 1.85. The van der Waals surface area contributed by atoms with Crippen LogP contribution in [0.5, 0.6) is 0 Å². The van der Waals surface area contributed by atoms with E-state index in [-0.39, 0.29) is 11.3 Å². The van der Waals surface area contributed by atoms with Gasteiger partial charge in [-0.1, -0.05) is 18.2 Å². The topological polar surface area (TPSA) is 65.8 Å². The lowest BCUT2D eigenvalue weighted by Crippen LogP contribution is -2.14. The molecular weight excluding hydrogens is 355 g/mol. The third kappa shape index (κ3) is 4.30. The Hall–Kier alpha value is -3.66. The van der Waals surface area contributed by atoms with E-state index in [0.717, 1.165) is 23.0 Å². The fourth-order valence-electron chi connectivity index (χ4n) is 2.47. The number of hydrogen-bond acceptors (Lipinski definition) is 3.